The lowest BCUT2D eigenvalue weighted by Gasteiger charge is -2.39. The molecule has 0 bridgehead atoms. The van der Waals surface area contributed by atoms with Crippen LogP contribution in [0.3, 0.4) is 0 Å². The lowest BCUT2D eigenvalue weighted by Crippen LogP contribution is -2.56. The highest BCUT2D eigenvalue weighted by Crippen LogP contribution is 2.38. The molecule has 1 saturated heterocycles. The van der Waals surface area contributed by atoms with Crippen molar-refractivity contribution in [3.8, 4) is 0 Å². The van der Waals surface area contributed by atoms with Gasteiger partial charge in [0, 0.05) is 5.54 Å². The monoisotopic (exact) mass is 398 g/mol. The summed E-state index contributed by atoms with van der Waals surface area (Å²) in [6.45, 7) is 4.21. The van der Waals surface area contributed by atoms with Crippen LogP contribution >= 0.6 is 0 Å². The highest BCUT2D eigenvalue weighted by Gasteiger charge is 2.41. The van der Waals surface area contributed by atoms with Gasteiger partial charge < -0.3 is 5.32 Å². The Balaban J connectivity index is 1.88. The van der Waals surface area contributed by atoms with Gasteiger partial charge in [0.1, 0.15) is 0 Å². The van der Waals surface area contributed by atoms with Gasteiger partial charge in [0.25, 0.3) is 0 Å². The zero-order valence-corrected chi connectivity index (χ0v) is 17.8. The van der Waals surface area contributed by atoms with E-state index in [-0.39, 0.29) is 17.5 Å². The first-order valence-electron chi connectivity index (χ1n) is 10.8. The van der Waals surface area contributed by atoms with Gasteiger partial charge in [-0.05, 0) is 49.8 Å². The number of benzene rings is 3. The SMILES string of the molecule is CC1(C)CCCC(NC(c2ccccc2)(c2ccccc2)c2ccccc2)C(=O)N1. The Labute approximate surface area is 179 Å². The Morgan fingerprint density at radius 2 is 1.23 bits per heavy atom. The minimum Gasteiger partial charge on any atom is -0.350 e. The van der Waals surface area contributed by atoms with Crippen LogP contribution in [0, 0.1) is 0 Å². The smallest absolute Gasteiger partial charge is 0.237 e. The van der Waals surface area contributed by atoms with Gasteiger partial charge in [-0.15, -0.1) is 0 Å². The molecule has 3 aromatic carbocycles. The summed E-state index contributed by atoms with van der Waals surface area (Å²) in [5.74, 6) is 0.0738. The van der Waals surface area contributed by atoms with Crippen molar-refractivity contribution in [1.82, 2.24) is 10.6 Å². The minimum atomic E-state index is -0.625. The third-order valence-electron chi connectivity index (χ3n) is 6.08. The molecule has 1 amide bonds. The first-order valence-corrected chi connectivity index (χ1v) is 10.8. The summed E-state index contributed by atoms with van der Waals surface area (Å²) in [7, 11) is 0. The lowest BCUT2D eigenvalue weighted by atomic mass is 9.76. The molecule has 3 aromatic rings. The quantitative estimate of drug-likeness (QED) is 0.593. The third kappa shape index (κ3) is 4.03. The molecule has 0 radical (unpaired) electrons. The van der Waals surface area contributed by atoms with Crippen LogP contribution in [0.5, 0.6) is 0 Å². The molecule has 0 aliphatic carbocycles. The van der Waals surface area contributed by atoms with E-state index in [9.17, 15) is 4.79 Å². The summed E-state index contributed by atoms with van der Waals surface area (Å²) >= 11 is 0. The second kappa shape index (κ2) is 8.45. The van der Waals surface area contributed by atoms with Crippen LogP contribution in [-0.4, -0.2) is 17.5 Å². The Hall–Kier alpha value is -2.91. The fourth-order valence-electron chi connectivity index (χ4n) is 4.58. The minimum absolute atomic E-state index is 0.0738. The van der Waals surface area contributed by atoms with E-state index in [2.05, 4.69) is 97.3 Å². The summed E-state index contributed by atoms with van der Waals surface area (Å²) in [6.07, 6.45) is 2.79. The number of carbonyl (C=O) groups is 1. The summed E-state index contributed by atoms with van der Waals surface area (Å²) in [6, 6.07) is 31.1. The molecule has 1 atom stereocenters. The Bertz CT molecular complexity index is 871. The normalized spacial score (nSPS) is 19.0. The summed E-state index contributed by atoms with van der Waals surface area (Å²) < 4.78 is 0. The number of nitrogens with one attached hydrogen (secondary N) is 2. The second-order valence-corrected chi connectivity index (χ2v) is 8.81. The molecule has 3 heteroatoms. The van der Waals surface area contributed by atoms with Crippen LogP contribution in [0.2, 0.25) is 0 Å². The molecule has 0 aromatic heterocycles. The van der Waals surface area contributed by atoms with Crippen LogP contribution in [0.1, 0.15) is 49.8 Å². The fourth-order valence-corrected chi connectivity index (χ4v) is 4.58. The molecule has 30 heavy (non-hydrogen) atoms. The Morgan fingerprint density at radius 1 is 0.800 bits per heavy atom. The van der Waals surface area contributed by atoms with Crippen molar-refractivity contribution in [3.63, 3.8) is 0 Å². The molecule has 1 aliphatic heterocycles. The zero-order valence-electron chi connectivity index (χ0n) is 17.8. The highest BCUT2D eigenvalue weighted by atomic mass is 16.2. The van der Waals surface area contributed by atoms with Crippen LogP contribution in [0.15, 0.2) is 91.0 Å². The number of carbonyl (C=O) groups excluding carboxylic acids is 1. The van der Waals surface area contributed by atoms with Gasteiger partial charge in [0.2, 0.25) is 5.91 Å². The number of rotatable bonds is 5. The van der Waals surface area contributed by atoms with Crippen molar-refractivity contribution in [2.45, 2.75) is 50.2 Å². The van der Waals surface area contributed by atoms with Gasteiger partial charge in [-0.3, -0.25) is 10.1 Å². The van der Waals surface area contributed by atoms with Crippen LogP contribution in [0.4, 0.5) is 0 Å². The number of hydrogen-bond acceptors (Lipinski definition) is 2. The van der Waals surface area contributed by atoms with Gasteiger partial charge in [0.05, 0.1) is 11.6 Å². The van der Waals surface area contributed by atoms with E-state index in [0.717, 1.165) is 36.0 Å². The predicted molar refractivity (Wildman–Crippen MR) is 122 cm³/mol. The molecule has 154 valence electrons. The van der Waals surface area contributed by atoms with E-state index >= 15 is 0 Å². The topological polar surface area (TPSA) is 41.1 Å². The first kappa shape index (κ1) is 20.4. The van der Waals surface area contributed by atoms with Gasteiger partial charge in [-0.25, -0.2) is 0 Å². The lowest BCUT2D eigenvalue weighted by molar-refractivity contribution is -0.124. The van der Waals surface area contributed by atoms with E-state index in [4.69, 9.17) is 0 Å². The predicted octanol–water partition coefficient (Wildman–Crippen LogP) is 5.02. The molecular formula is C27H30N2O. The average molecular weight is 399 g/mol. The van der Waals surface area contributed by atoms with Crippen molar-refractivity contribution in [2.24, 2.45) is 0 Å². The maximum Gasteiger partial charge on any atom is 0.237 e. The maximum absolute atomic E-state index is 13.2. The average Bonchev–Trinajstić information content (AvgIpc) is 2.90. The molecule has 3 nitrogen and oxygen atoms in total. The summed E-state index contributed by atoms with van der Waals surface area (Å²) in [5.41, 5.74) is 2.57. The Morgan fingerprint density at radius 3 is 1.67 bits per heavy atom. The molecule has 1 heterocycles. The summed E-state index contributed by atoms with van der Waals surface area (Å²) in [4.78, 5) is 13.2. The fraction of sp³-hybridized carbons (Fsp3) is 0.296. The van der Waals surface area contributed by atoms with Gasteiger partial charge >= 0.3 is 0 Å². The molecule has 1 unspecified atom stereocenters. The highest BCUT2D eigenvalue weighted by molar-refractivity contribution is 5.83. The van der Waals surface area contributed by atoms with E-state index in [1.807, 2.05) is 18.2 Å². The van der Waals surface area contributed by atoms with Crippen LogP contribution < -0.4 is 10.6 Å². The van der Waals surface area contributed by atoms with Gasteiger partial charge in [-0.2, -0.15) is 0 Å². The standard InChI is InChI=1S/C27H30N2O/c1-26(2)20-12-19-24(25(30)29-26)28-27(21-13-6-3-7-14-21,22-15-8-4-9-16-22)23-17-10-5-11-18-23/h3-11,13-18,24,28H,12,19-20H2,1-2H3,(H,29,30). The van der Waals surface area contributed by atoms with Crippen molar-refractivity contribution in [1.29, 1.82) is 0 Å². The zero-order chi connectivity index (χ0) is 21.0. The maximum atomic E-state index is 13.2. The Kier molecular flexibility index (Phi) is 5.74. The molecule has 1 aliphatic rings. The molecule has 0 saturated carbocycles. The van der Waals surface area contributed by atoms with Crippen LogP contribution in [-0.2, 0) is 10.3 Å². The molecule has 4 rings (SSSR count). The van der Waals surface area contributed by atoms with Crippen molar-refractivity contribution in [3.05, 3.63) is 108 Å². The van der Waals surface area contributed by atoms with E-state index in [1.54, 1.807) is 0 Å². The molecule has 2 N–H and O–H groups in total. The molecular weight excluding hydrogens is 368 g/mol. The molecule has 0 spiro atoms. The largest absolute Gasteiger partial charge is 0.350 e. The third-order valence-corrected chi connectivity index (χ3v) is 6.08. The van der Waals surface area contributed by atoms with E-state index in [0.29, 0.717) is 0 Å². The second-order valence-electron chi connectivity index (χ2n) is 8.81. The number of amides is 1. The van der Waals surface area contributed by atoms with Gasteiger partial charge in [-0.1, -0.05) is 91.0 Å². The number of hydrogen-bond donors (Lipinski definition) is 2. The first-order chi connectivity index (χ1) is 14.5. The van der Waals surface area contributed by atoms with Crippen molar-refractivity contribution >= 4 is 5.91 Å². The van der Waals surface area contributed by atoms with Gasteiger partial charge in [0.15, 0.2) is 0 Å². The summed E-state index contributed by atoms with van der Waals surface area (Å²) in [5, 5.41) is 7.08. The van der Waals surface area contributed by atoms with E-state index in [1.165, 1.54) is 0 Å². The van der Waals surface area contributed by atoms with Crippen molar-refractivity contribution < 1.29 is 4.79 Å². The van der Waals surface area contributed by atoms with Crippen LogP contribution in [0.25, 0.3) is 0 Å². The molecule has 1 fully saturated rings. The van der Waals surface area contributed by atoms with E-state index < -0.39 is 5.54 Å². The van der Waals surface area contributed by atoms with Crippen molar-refractivity contribution in [2.75, 3.05) is 0 Å².